The second kappa shape index (κ2) is 9.27. The molecule has 7 nitrogen and oxygen atoms in total. The highest BCUT2D eigenvalue weighted by molar-refractivity contribution is 5.89. The van der Waals surface area contributed by atoms with Gasteiger partial charge in [-0.05, 0) is 45.3 Å². The number of nitrogens with one attached hydrogen (secondary N) is 1. The minimum Gasteiger partial charge on any atom is -0.345 e. The van der Waals surface area contributed by atoms with Crippen LogP contribution in [0.1, 0.15) is 32.8 Å². The molecule has 1 N–H and O–H groups in total. The first-order valence-corrected chi connectivity index (χ1v) is 8.32. The zero-order valence-electron chi connectivity index (χ0n) is 15.5. The van der Waals surface area contributed by atoms with Gasteiger partial charge < -0.3 is 5.32 Å². The lowest BCUT2D eigenvalue weighted by molar-refractivity contribution is -0.384. The van der Waals surface area contributed by atoms with Crippen LogP contribution >= 0.6 is 0 Å². The zero-order valence-corrected chi connectivity index (χ0v) is 15.5. The molecule has 0 saturated heterocycles. The number of carbonyl (C=O) groups excluding carboxylic acids is 2. The molecule has 1 unspecified atom stereocenters. The molecule has 0 aromatic heterocycles. The van der Waals surface area contributed by atoms with Crippen molar-refractivity contribution in [2.24, 2.45) is 5.92 Å². The number of nitrogens with zero attached hydrogens (tertiary/aromatic N) is 2. The average Bonchev–Trinajstić information content (AvgIpc) is 2.51. The molecular formula is C18H27N3O4. The Morgan fingerprint density at radius 1 is 1.20 bits per heavy atom. The number of nitro groups is 1. The van der Waals surface area contributed by atoms with Crippen LogP contribution in [0.2, 0.25) is 0 Å². The van der Waals surface area contributed by atoms with Crippen LogP contribution in [0.4, 0.5) is 5.69 Å². The number of hydrogen-bond acceptors (Lipinski definition) is 5. The summed E-state index contributed by atoms with van der Waals surface area (Å²) in [6.45, 7) is 5.52. The Kier molecular flexibility index (Phi) is 7.70. The van der Waals surface area contributed by atoms with E-state index < -0.39 is 11.0 Å². The van der Waals surface area contributed by atoms with Gasteiger partial charge in [0.15, 0.2) is 5.78 Å². The van der Waals surface area contributed by atoms with E-state index in [1.54, 1.807) is 12.1 Å². The average molecular weight is 349 g/mol. The van der Waals surface area contributed by atoms with Gasteiger partial charge in [-0.15, -0.1) is 0 Å². The number of hydrogen-bond donors (Lipinski definition) is 1. The molecule has 7 heteroatoms. The Morgan fingerprint density at radius 3 is 2.16 bits per heavy atom. The van der Waals surface area contributed by atoms with Gasteiger partial charge in [0.05, 0.1) is 17.0 Å². The first-order valence-electron chi connectivity index (χ1n) is 8.32. The van der Waals surface area contributed by atoms with Crippen molar-refractivity contribution < 1.29 is 14.5 Å². The lowest BCUT2D eigenvalue weighted by Gasteiger charge is -2.27. The number of non-ortho nitro benzene ring substituents is 1. The lowest BCUT2D eigenvalue weighted by atomic mass is 9.99. The number of likely N-dealkylation sites (N-methyl/N-ethyl adjacent to an activating group) is 1. The van der Waals surface area contributed by atoms with E-state index in [4.69, 9.17) is 0 Å². The summed E-state index contributed by atoms with van der Waals surface area (Å²) in [6.07, 6.45) is 1.00. The van der Waals surface area contributed by atoms with Crippen molar-refractivity contribution in [2.45, 2.75) is 45.7 Å². The third kappa shape index (κ3) is 6.62. The van der Waals surface area contributed by atoms with E-state index in [9.17, 15) is 19.7 Å². The summed E-state index contributed by atoms with van der Waals surface area (Å²) >= 11 is 0. The molecule has 0 spiro atoms. The Labute approximate surface area is 148 Å². The third-order valence-corrected chi connectivity index (χ3v) is 4.01. The summed E-state index contributed by atoms with van der Waals surface area (Å²) in [4.78, 5) is 36.6. The summed E-state index contributed by atoms with van der Waals surface area (Å²) in [5, 5.41) is 13.5. The van der Waals surface area contributed by atoms with Gasteiger partial charge in [-0.2, -0.15) is 0 Å². The van der Waals surface area contributed by atoms with E-state index >= 15 is 0 Å². The number of carbonyl (C=O) groups is 2. The van der Waals surface area contributed by atoms with Gasteiger partial charge in [-0.3, -0.25) is 24.6 Å². The number of Topliss-reactive ketones (excluding diaryl/α,β-unsaturated/α-hetero) is 1. The van der Waals surface area contributed by atoms with Gasteiger partial charge in [0, 0.05) is 12.1 Å². The topological polar surface area (TPSA) is 92.5 Å². The van der Waals surface area contributed by atoms with Crippen LogP contribution in [-0.4, -0.2) is 47.7 Å². The molecular weight excluding hydrogens is 322 g/mol. The number of benzene rings is 1. The van der Waals surface area contributed by atoms with Crippen LogP contribution in [0, 0.1) is 16.0 Å². The highest BCUT2D eigenvalue weighted by Crippen LogP contribution is 2.14. The molecule has 0 bridgehead atoms. The van der Waals surface area contributed by atoms with Crippen LogP contribution in [0.3, 0.4) is 0 Å². The third-order valence-electron chi connectivity index (χ3n) is 4.01. The number of nitro benzene ring substituents is 1. The molecule has 1 rings (SSSR count). The summed E-state index contributed by atoms with van der Waals surface area (Å²) in [6, 6.07) is 5.06. The van der Waals surface area contributed by atoms with E-state index in [0.29, 0.717) is 18.8 Å². The van der Waals surface area contributed by atoms with Crippen LogP contribution in [0.5, 0.6) is 0 Å². The second-order valence-corrected chi connectivity index (χ2v) is 6.91. The SMILES string of the molecule is CC(=O)C(Cc1ccc([N+](=O)[O-])cc1)NC(=O)[C@H](CC(C)C)N(C)C. The summed E-state index contributed by atoms with van der Waals surface area (Å²) < 4.78 is 0. The largest absolute Gasteiger partial charge is 0.345 e. The first kappa shape index (κ1) is 20.8. The van der Waals surface area contributed by atoms with Gasteiger partial charge >= 0.3 is 0 Å². The van der Waals surface area contributed by atoms with Gasteiger partial charge in [-0.1, -0.05) is 26.0 Å². The molecule has 0 aliphatic heterocycles. The van der Waals surface area contributed by atoms with Crippen molar-refractivity contribution in [3.05, 3.63) is 39.9 Å². The lowest BCUT2D eigenvalue weighted by Crippen LogP contribution is -2.50. The molecule has 2 atom stereocenters. The predicted molar refractivity (Wildman–Crippen MR) is 96.3 cm³/mol. The number of rotatable bonds is 9. The van der Waals surface area contributed by atoms with Crippen molar-refractivity contribution in [1.82, 2.24) is 10.2 Å². The Balaban J connectivity index is 2.84. The molecule has 0 radical (unpaired) electrons. The van der Waals surface area contributed by atoms with Crippen LogP contribution in [0.25, 0.3) is 0 Å². The molecule has 1 aromatic rings. The minimum atomic E-state index is -0.649. The molecule has 138 valence electrons. The molecule has 1 aromatic carbocycles. The molecule has 25 heavy (non-hydrogen) atoms. The highest BCUT2D eigenvalue weighted by Gasteiger charge is 2.26. The van der Waals surface area contributed by atoms with Gasteiger partial charge in [0.2, 0.25) is 5.91 Å². The van der Waals surface area contributed by atoms with Crippen molar-refractivity contribution >= 4 is 17.4 Å². The maximum absolute atomic E-state index is 12.6. The maximum Gasteiger partial charge on any atom is 0.269 e. The van der Waals surface area contributed by atoms with Crippen molar-refractivity contribution in [3.8, 4) is 0 Å². The fraction of sp³-hybridized carbons (Fsp3) is 0.556. The molecule has 1 amide bonds. The summed E-state index contributed by atoms with van der Waals surface area (Å²) in [7, 11) is 3.68. The predicted octanol–water partition coefficient (Wildman–Crippen LogP) is 2.19. The van der Waals surface area contributed by atoms with E-state index in [2.05, 4.69) is 5.32 Å². The molecule has 0 aliphatic carbocycles. The maximum atomic E-state index is 12.6. The molecule has 0 fully saturated rings. The standard InChI is InChI=1S/C18H27N3O4/c1-12(2)10-17(20(4)5)18(23)19-16(13(3)22)11-14-6-8-15(9-7-14)21(24)25/h6-9,12,16-17H,10-11H2,1-5H3,(H,19,23)/t16?,17-/m0/s1. The van der Waals surface area contributed by atoms with Crippen molar-refractivity contribution in [2.75, 3.05) is 14.1 Å². The molecule has 0 heterocycles. The smallest absolute Gasteiger partial charge is 0.269 e. The van der Waals surface area contributed by atoms with Gasteiger partial charge in [0.25, 0.3) is 5.69 Å². The number of amides is 1. The van der Waals surface area contributed by atoms with E-state index in [-0.39, 0.29) is 23.4 Å². The fourth-order valence-electron chi connectivity index (χ4n) is 2.55. The molecule has 0 saturated carbocycles. The fourth-order valence-corrected chi connectivity index (χ4v) is 2.55. The van der Waals surface area contributed by atoms with Crippen molar-refractivity contribution in [3.63, 3.8) is 0 Å². The van der Waals surface area contributed by atoms with Crippen LogP contribution in [-0.2, 0) is 16.0 Å². The van der Waals surface area contributed by atoms with E-state index in [0.717, 1.165) is 5.56 Å². The van der Waals surface area contributed by atoms with Crippen molar-refractivity contribution in [1.29, 1.82) is 0 Å². The Bertz CT molecular complexity index is 611. The highest BCUT2D eigenvalue weighted by atomic mass is 16.6. The van der Waals surface area contributed by atoms with Crippen LogP contribution in [0.15, 0.2) is 24.3 Å². The normalized spacial score (nSPS) is 13.6. The summed E-state index contributed by atoms with van der Waals surface area (Å²) in [5.74, 6) is 0.0261. The van der Waals surface area contributed by atoms with E-state index in [1.165, 1.54) is 19.1 Å². The minimum absolute atomic E-state index is 0.00299. The van der Waals surface area contributed by atoms with E-state index in [1.807, 2.05) is 32.8 Å². The van der Waals surface area contributed by atoms with Gasteiger partial charge in [-0.25, -0.2) is 0 Å². The van der Waals surface area contributed by atoms with Gasteiger partial charge in [0.1, 0.15) is 0 Å². The Hall–Kier alpha value is -2.28. The second-order valence-electron chi connectivity index (χ2n) is 6.91. The Morgan fingerprint density at radius 2 is 1.76 bits per heavy atom. The summed E-state index contributed by atoms with van der Waals surface area (Å²) in [5.41, 5.74) is 0.758. The van der Waals surface area contributed by atoms with Crippen LogP contribution < -0.4 is 5.32 Å². The monoisotopic (exact) mass is 349 g/mol. The first-order chi connectivity index (χ1) is 11.6. The zero-order chi connectivity index (χ0) is 19.1. The molecule has 0 aliphatic rings. The quantitative estimate of drug-likeness (QED) is 0.545. The number of ketones is 1.